The molecule has 0 aliphatic rings. The number of nitrogens with zero attached hydrogens (tertiary/aromatic N) is 1. The normalized spacial score (nSPS) is 12.9. The number of benzene rings is 1. The van der Waals surface area contributed by atoms with Crippen molar-refractivity contribution in [3.63, 3.8) is 0 Å². The monoisotopic (exact) mass is 357 g/mol. The molecule has 3 nitrogen and oxygen atoms in total. The maximum absolute atomic E-state index is 12.8. The lowest BCUT2D eigenvalue weighted by Gasteiger charge is -2.13. The zero-order valence-electron chi connectivity index (χ0n) is 14.9. The highest BCUT2D eigenvalue weighted by Gasteiger charge is 2.23. The van der Waals surface area contributed by atoms with E-state index in [1.165, 1.54) is 28.8 Å². The Morgan fingerprint density at radius 1 is 1.19 bits per heavy atom. The van der Waals surface area contributed by atoms with Gasteiger partial charge in [-0.2, -0.15) is 8.78 Å². The third-order valence-corrected chi connectivity index (χ3v) is 3.44. The van der Waals surface area contributed by atoms with Crippen molar-refractivity contribution in [3.8, 4) is 5.75 Å². The van der Waals surface area contributed by atoms with E-state index >= 15 is 0 Å². The molecule has 0 saturated heterocycles. The molecule has 0 radical (unpaired) electrons. The van der Waals surface area contributed by atoms with Crippen molar-refractivity contribution in [2.24, 2.45) is 0 Å². The SMILES string of the molecule is C\C=C/C=C(C)/C=C/c1ccn(C(=O)c2ccc(OC(C)(F)F)cc2)c1. The number of hydrogen-bond donors (Lipinski definition) is 0. The van der Waals surface area contributed by atoms with E-state index in [-0.39, 0.29) is 11.7 Å². The van der Waals surface area contributed by atoms with Gasteiger partial charge in [0, 0.05) is 24.9 Å². The molecule has 0 aliphatic heterocycles. The van der Waals surface area contributed by atoms with E-state index in [2.05, 4.69) is 4.74 Å². The molecule has 0 aliphatic carbocycles. The largest absolute Gasteiger partial charge is 0.433 e. The fourth-order valence-electron chi connectivity index (χ4n) is 2.19. The second-order valence-electron chi connectivity index (χ2n) is 5.86. The van der Waals surface area contributed by atoms with Gasteiger partial charge in [0.15, 0.2) is 0 Å². The van der Waals surface area contributed by atoms with E-state index in [0.29, 0.717) is 12.5 Å². The summed E-state index contributed by atoms with van der Waals surface area (Å²) in [4.78, 5) is 12.5. The molecule has 0 fully saturated rings. The van der Waals surface area contributed by atoms with Crippen molar-refractivity contribution < 1.29 is 18.3 Å². The van der Waals surface area contributed by atoms with Crippen LogP contribution in [0.2, 0.25) is 0 Å². The molecule has 0 bridgehead atoms. The molecule has 0 spiro atoms. The first kappa shape index (κ1) is 19.4. The summed E-state index contributed by atoms with van der Waals surface area (Å²) in [5, 5.41) is 0. The zero-order valence-corrected chi connectivity index (χ0v) is 14.9. The van der Waals surface area contributed by atoms with Crippen LogP contribution in [0.1, 0.15) is 36.7 Å². The fraction of sp³-hybridized carbons (Fsp3) is 0.190. The Hall–Kier alpha value is -2.95. The summed E-state index contributed by atoms with van der Waals surface area (Å²) in [6.45, 7) is 4.60. The quantitative estimate of drug-likeness (QED) is 0.621. The Morgan fingerprint density at radius 2 is 1.88 bits per heavy atom. The summed E-state index contributed by atoms with van der Waals surface area (Å²) in [6, 6.07) is 7.45. The van der Waals surface area contributed by atoms with Gasteiger partial charge in [-0.3, -0.25) is 9.36 Å². The van der Waals surface area contributed by atoms with Crippen LogP contribution in [0, 0.1) is 0 Å². The minimum Gasteiger partial charge on any atom is -0.433 e. The molecule has 0 atom stereocenters. The van der Waals surface area contributed by atoms with E-state index in [0.717, 1.165) is 11.1 Å². The first-order chi connectivity index (χ1) is 12.3. The Balaban J connectivity index is 2.09. The van der Waals surface area contributed by atoms with Crippen LogP contribution in [0.15, 0.2) is 72.6 Å². The van der Waals surface area contributed by atoms with Gasteiger partial charge < -0.3 is 4.74 Å². The van der Waals surface area contributed by atoms with Crippen LogP contribution >= 0.6 is 0 Å². The first-order valence-corrected chi connectivity index (χ1v) is 8.16. The van der Waals surface area contributed by atoms with Gasteiger partial charge in [-0.05, 0) is 49.7 Å². The number of ether oxygens (including phenoxy) is 1. The molecule has 0 unspecified atom stereocenters. The van der Waals surface area contributed by atoms with E-state index in [4.69, 9.17) is 0 Å². The Kier molecular flexibility index (Phi) is 6.28. The molecule has 26 heavy (non-hydrogen) atoms. The van der Waals surface area contributed by atoms with Gasteiger partial charge >= 0.3 is 6.11 Å². The maximum Gasteiger partial charge on any atom is 0.394 e. The molecule has 5 heteroatoms. The summed E-state index contributed by atoms with van der Waals surface area (Å²) in [7, 11) is 0. The number of hydrogen-bond acceptors (Lipinski definition) is 2. The fourth-order valence-corrected chi connectivity index (χ4v) is 2.19. The van der Waals surface area contributed by atoms with Gasteiger partial charge in [-0.25, -0.2) is 0 Å². The van der Waals surface area contributed by atoms with Crippen LogP contribution in [0.25, 0.3) is 6.08 Å². The molecule has 136 valence electrons. The molecule has 0 N–H and O–H groups in total. The number of carbonyl (C=O) groups excluding carboxylic acids is 1. The predicted octanol–water partition coefficient (Wildman–Crippen LogP) is 5.70. The van der Waals surface area contributed by atoms with Crippen LogP contribution < -0.4 is 4.74 Å². The van der Waals surface area contributed by atoms with Crippen LogP contribution in [0.4, 0.5) is 8.78 Å². The summed E-state index contributed by atoms with van der Waals surface area (Å²) in [6.07, 6.45) is 9.89. The highest BCUT2D eigenvalue weighted by molar-refractivity contribution is 5.96. The Labute approximate surface area is 151 Å². The number of halogens is 2. The average Bonchev–Trinajstić information content (AvgIpc) is 3.06. The van der Waals surface area contributed by atoms with Gasteiger partial charge in [0.25, 0.3) is 5.91 Å². The van der Waals surface area contributed by atoms with Crippen molar-refractivity contribution in [1.82, 2.24) is 4.57 Å². The highest BCUT2D eigenvalue weighted by atomic mass is 19.3. The summed E-state index contributed by atoms with van der Waals surface area (Å²) in [5.41, 5.74) is 2.36. The lowest BCUT2D eigenvalue weighted by Crippen LogP contribution is -2.19. The van der Waals surface area contributed by atoms with Gasteiger partial charge in [0.1, 0.15) is 5.75 Å². The van der Waals surface area contributed by atoms with E-state index in [9.17, 15) is 13.6 Å². The topological polar surface area (TPSA) is 31.2 Å². The van der Waals surface area contributed by atoms with Crippen LogP contribution in [-0.2, 0) is 0 Å². The molecule has 0 saturated carbocycles. The Morgan fingerprint density at radius 3 is 2.50 bits per heavy atom. The van der Waals surface area contributed by atoms with Gasteiger partial charge in [-0.15, -0.1) is 0 Å². The van der Waals surface area contributed by atoms with Crippen molar-refractivity contribution in [2.75, 3.05) is 0 Å². The van der Waals surface area contributed by atoms with E-state index in [1.54, 1.807) is 12.4 Å². The number of aromatic nitrogens is 1. The summed E-state index contributed by atoms with van der Waals surface area (Å²) < 4.78 is 31.6. The molecule has 1 aromatic carbocycles. The first-order valence-electron chi connectivity index (χ1n) is 8.16. The maximum atomic E-state index is 12.8. The van der Waals surface area contributed by atoms with Crippen molar-refractivity contribution in [1.29, 1.82) is 0 Å². The van der Waals surface area contributed by atoms with Crippen molar-refractivity contribution >= 4 is 12.0 Å². The minimum atomic E-state index is -3.26. The molecule has 2 aromatic rings. The number of alkyl halides is 2. The zero-order chi connectivity index (χ0) is 19.2. The van der Waals surface area contributed by atoms with Crippen molar-refractivity contribution in [2.45, 2.75) is 26.9 Å². The summed E-state index contributed by atoms with van der Waals surface area (Å²) in [5.74, 6) is -0.241. The smallest absolute Gasteiger partial charge is 0.394 e. The molecule has 2 rings (SSSR count). The minimum absolute atomic E-state index is 0.00793. The predicted molar refractivity (Wildman–Crippen MR) is 99.5 cm³/mol. The van der Waals surface area contributed by atoms with Gasteiger partial charge in [0.05, 0.1) is 0 Å². The molecular formula is C21H21F2NO2. The highest BCUT2D eigenvalue weighted by Crippen LogP contribution is 2.21. The number of carbonyl (C=O) groups is 1. The van der Waals surface area contributed by atoms with E-state index in [1.807, 2.05) is 50.3 Å². The number of allylic oxidation sites excluding steroid dienone is 5. The second-order valence-corrected chi connectivity index (χ2v) is 5.86. The lowest BCUT2D eigenvalue weighted by atomic mass is 10.2. The standard InChI is InChI=1S/C21H21F2NO2/c1-4-5-6-16(2)7-8-17-13-14-24(15-17)20(25)18-9-11-19(12-10-18)26-21(3,22)23/h4-15H,1-3H3/b5-4-,8-7+,16-6+. The van der Waals surface area contributed by atoms with Crippen molar-refractivity contribution in [3.05, 3.63) is 83.7 Å². The molecular weight excluding hydrogens is 336 g/mol. The average molecular weight is 357 g/mol. The third kappa shape index (κ3) is 5.84. The van der Waals surface area contributed by atoms with Crippen LogP contribution in [-0.4, -0.2) is 16.6 Å². The van der Waals surface area contributed by atoms with Crippen LogP contribution in [0.5, 0.6) is 5.75 Å². The lowest BCUT2D eigenvalue weighted by molar-refractivity contribution is -0.158. The van der Waals surface area contributed by atoms with Gasteiger partial charge in [-0.1, -0.05) is 36.0 Å². The molecule has 1 aromatic heterocycles. The van der Waals surface area contributed by atoms with Crippen LogP contribution in [0.3, 0.4) is 0 Å². The van der Waals surface area contributed by atoms with Gasteiger partial charge in [0.2, 0.25) is 0 Å². The molecule has 0 amide bonds. The number of rotatable bonds is 6. The molecule has 1 heterocycles. The summed E-state index contributed by atoms with van der Waals surface area (Å²) >= 11 is 0. The van der Waals surface area contributed by atoms with E-state index < -0.39 is 6.11 Å². The third-order valence-electron chi connectivity index (χ3n) is 3.44. The Bertz CT molecular complexity index is 838. The second kappa shape index (κ2) is 8.43.